The fourth-order valence-corrected chi connectivity index (χ4v) is 3.50. The fourth-order valence-electron chi connectivity index (χ4n) is 3.50. The summed E-state index contributed by atoms with van der Waals surface area (Å²) in [6.07, 6.45) is 1.40. The van der Waals surface area contributed by atoms with Crippen molar-refractivity contribution in [2.75, 3.05) is 13.2 Å². The van der Waals surface area contributed by atoms with Crippen LogP contribution in [0.5, 0.6) is 5.75 Å². The van der Waals surface area contributed by atoms with Crippen molar-refractivity contribution < 1.29 is 14.2 Å². The molecule has 0 aliphatic carbocycles. The van der Waals surface area contributed by atoms with E-state index in [1.165, 1.54) is 0 Å². The van der Waals surface area contributed by atoms with E-state index in [1.54, 1.807) is 6.20 Å². The number of hydrogen-bond acceptors (Lipinski definition) is 4. The van der Waals surface area contributed by atoms with Crippen molar-refractivity contribution >= 4 is 11.5 Å². The summed E-state index contributed by atoms with van der Waals surface area (Å²) < 4.78 is 19.7. The molecular formula is C24H24N2O3. The first kappa shape index (κ1) is 18.9. The summed E-state index contributed by atoms with van der Waals surface area (Å²) in [5.74, 6) is 2.74. The van der Waals surface area contributed by atoms with Crippen LogP contribution >= 0.6 is 0 Å². The van der Waals surface area contributed by atoms with Crippen molar-refractivity contribution in [2.45, 2.75) is 20.1 Å². The van der Waals surface area contributed by atoms with Crippen molar-refractivity contribution in [3.8, 4) is 17.1 Å². The van der Waals surface area contributed by atoms with E-state index >= 15 is 0 Å². The molecule has 1 atom stereocenters. The average molecular weight is 388 g/mol. The van der Waals surface area contributed by atoms with Gasteiger partial charge in [0.05, 0.1) is 25.0 Å². The highest BCUT2D eigenvalue weighted by Gasteiger charge is 2.31. The Morgan fingerprint density at radius 1 is 1.03 bits per heavy atom. The van der Waals surface area contributed by atoms with Crippen LogP contribution in [0, 0.1) is 0 Å². The summed E-state index contributed by atoms with van der Waals surface area (Å²) in [4.78, 5) is 4.68. The quantitative estimate of drug-likeness (QED) is 0.501. The molecule has 0 fully saturated rings. The first-order valence-corrected chi connectivity index (χ1v) is 9.71. The Morgan fingerprint density at radius 2 is 1.76 bits per heavy atom. The molecule has 0 radical (unpaired) electrons. The number of fused-ring (bicyclic) bond motifs is 3. The van der Waals surface area contributed by atoms with E-state index in [9.17, 15) is 0 Å². The molecular weight excluding hydrogens is 364 g/mol. The predicted octanol–water partition coefficient (Wildman–Crippen LogP) is 5.50. The lowest BCUT2D eigenvalue weighted by Crippen LogP contribution is -2.24. The van der Waals surface area contributed by atoms with Gasteiger partial charge in [0.2, 0.25) is 6.23 Å². The van der Waals surface area contributed by atoms with E-state index in [4.69, 9.17) is 14.2 Å². The van der Waals surface area contributed by atoms with Crippen molar-refractivity contribution in [3.05, 3.63) is 84.7 Å². The predicted molar refractivity (Wildman–Crippen MR) is 114 cm³/mol. The zero-order valence-electron chi connectivity index (χ0n) is 16.7. The second kappa shape index (κ2) is 7.87. The van der Waals surface area contributed by atoms with Crippen LogP contribution in [0.15, 0.2) is 67.9 Å². The molecule has 0 spiro atoms. The molecule has 1 unspecified atom stereocenters. The normalized spacial score (nSPS) is 14.3. The molecule has 5 nitrogen and oxygen atoms in total. The molecule has 1 aliphatic rings. The lowest BCUT2D eigenvalue weighted by atomic mass is 10.1. The highest BCUT2D eigenvalue weighted by Crippen LogP contribution is 2.42. The Morgan fingerprint density at radius 3 is 2.48 bits per heavy atom. The van der Waals surface area contributed by atoms with Gasteiger partial charge in [0.25, 0.3) is 0 Å². The summed E-state index contributed by atoms with van der Waals surface area (Å²) in [5, 5.41) is 0. The Labute approximate surface area is 170 Å². The Balaban J connectivity index is 1.85. The van der Waals surface area contributed by atoms with Gasteiger partial charge in [-0.25, -0.2) is 4.98 Å². The van der Waals surface area contributed by atoms with Gasteiger partial charge in [-0.2, -0.15) is 0 Å². The molecule has 148 valence electrons. The molecule has 5 heteroatoms. The van der Waals surface area contributed by atoms with E-state index in [-0.39, 0.29) is 6.23 Å². The molecule has 1 aromatic heterocycles. The third-order valence-corrected chi connectivity index (χ3v) is 4.82. The smallest absolute Gasteiger partial charge is 0.204 e. The second-order valence-electron chi connectivity index (χ2n) is 6.64. The molecule has 2 aromatic carbocycles. The average Bonchev–Trinajstić information content (AvgIpc) is 3.19. The van der Waals surface area contributed by atoms with Crippen LogP contribution in [0.4, 0.5) is 0 Å². The van der Waals surface area contributed by atoms with Crippen LogP contribution in [0.2, 0.25) is 0 Å². The van der Waals surface area contributed by atoms with Gasteiger partial charge in [-0.15, -0.1) is 0 Å². The Kier molecular flexibility index (Phi) is 5.12. The topological polar surface area (TPSA) is 45.5 Å². The molecule has 3 aromatic rings. The monoisotopic (exact) mass is 388 g/mol. The first-order chi connectivity index (χ1) is 14.1. The summed E-state index contributed by atoms with van der Waals surface area (Å²) in [5.41, 5.74) is 3.60. The summed E-state index contributed by atoms with van der Waals surface area (Å²) in [6.45, 7) is 13.1. The van der Waals surface area contributed by atoms with E-state index in [1.807, 2.05) is 66.9 Å². The maximum absolute atomic E-state index is 6.47. The Hall–Kier alpha value is -3.47. The highest BCUT2D eigenvalue weighted by atomic mass is 16.5. The first-order valence-electron chi connectivity index (χ1n) is 9.71. The van der Waals surface area contributed by atoms with Crippen molar-refractivity contribution in [2.24, 2.45) is 0 Å². The summed E-state index contributed by atoms with van der Waals surface area (Å²) in [6, 6.07) is 16.0. The SMILES string of the molecule is C=C(OCC)c1ccc2c(c1)OC(c1ccccc1)n1c(C(=C)OCC)cnc1-2. The zero-order chi connectivity index (χ0) is 20.4. The molecule has 0 amide bonds. The number of rotatable bonds is 7. The van der Waals surface area contributed by atoms with Crippen LogP contribution in [0.25, 0.3) is 22.9 Å². The van der Waals surface area contributed by atoms with Gasteiger partial charge in [0.15, 0.2) is 0 Å². The van der Waals surface area contributed by atoms with Crippen molar-refractivity contribution in [3.63, 3.8) is 0 Å². The summed E-state index contributed by atoms with van der Waals surface area (Å²) in [7, 11) is 0. The minimum Gasteiger partial charge on any atom is -0.494 e. The number of ether oxygens (including phenoxy) is 3. The number of hydrogen-bond donors (Lipinski definition) is 0. The Bertz CT molecular complexity index is 1050. The van der Waals surface area contributed by atoms with Crippen LogP contribution in [0.1, 0.15) is 36.9 Å². The van der Waals surface area contributed by atoms with Gasteiger partial charge < -0.3 is 14.2 Å². The largest absolute Gasteiger partial charge is 0.494 e. The van der Waals surface area contributed by atoms with Crippen LogP contribution in [-0.4, -0.2) is 22.8 Å². The highest BCUT2D eigenvalue weighted by molar-refractivity contribution is 5.73. The number of benzene rings is 2. The number of nitrogens with zero attached hydrogens (tertiary/aromatic N) is 2. The van der Waals surface area contributed by atoms with E-state index in [0.29, 0.717) is 24.7 Å². The molecule has 0 saturated carbocycles. The third-order valence-electron chi connectivity index (χ3n) is 4.82. The standard InChI is InChI=1S/C24H24N2O3/c1-5-27-16(3)19-12-13-20-22(14-19)29-24(18-10-8-7-9-11-18)26-21(15-25-23(20)26)17(4)28-6-2/h7-15,24H,3-6H2,1-2H3. The number of aromatic nitrogens is 2. The van der Waals surface area contributed by atoms with Crippen LogP contribution < -0.4 is 4.74 Å². The minimum atomic E-state index is -0.385. The lowest BCUT2D eigenvalue weighted by molar-refractivity contribution is 0.164. The zero-order valence-corrected chi connectivity index (χ0v) is 16.7. The van der Waals surface area contributed by atoms with E-state index in [0.717, 1.165) is 34.0 Å². The van der Waals surface area contributed by atoms with E-state index in [2.05, 4.69) is 18.1 Å². The maximum Gasteiger partial charge on any atom is 0.204 e. The molecule has 0 saturated heterocycles. The molecule has 0 bridgehead atoms. The van der Waals surface area contributed by atoms with E-state index < -0.39 is 0 Å². The van der Waals surface area contributed by atoms with Gasteiger partial charge >= 0.3 is 0 Å². The fraction of sp³-hybridized carbons (Fsp3) is 0.208. The minimum absolute atomic E-state index is 0.385. The number of imidazole rings is 1. The lowest BCUT2D eigenvalue weighted by Gasteiger charge is -2.30. The van der Waals surface area contributed by atoms with Gasteiger partial charge in [-0.05, 0) is 26.0 Å². The second-order valence-corrected chi connectivity index (χ2v) is 6.64. The molecule has 1 aliphatic heterocycles. The van der Waals surface area contributed by atoms with Crippen molar-refractivity contribution in [1.82, 2.24) is 9.55 Å². The molecule has 0 N–H and O–H groups in total. The molecule has 29 heavy (non-hydrogen) atoms. The van der Waals surface area contributed by atoms with Gasteiger partial charge in [0, 0.05) is 11.1 Å². The third kappa shape index (κ3) is 3.40. The van der Waals surface area contributed by atoms with Gasteiger partial charge in [-0.3, -0.25) is 4.57 Å². The van der Waals surface area contributed by atoms with Gasteiger partial charge in [0.1, 0.15) is 28.8 Å². The van der Waals surface area contributed by atoms with Crippen LogP contribution in [0.3, 0.4) is 0 Å². The maximum atomic E-state index is 6.47. The van der Waals surface area contributed by atoms with Crippen molar-refractivity contribution in [1.29, 1.82) is 0 Å². The molecule has 4 rings (SSSR count). The molecule has 2 heterocycles. The van der Waals surface area contributed by atoms with Gasteiger partial charge in [-0.1, -0.05) is 49.6 Å². The summed E-state index contributed by atoms with van der Waals surface area (Å²) >= 11 is 0. The van der Waals surface area contributed by atoms with Crippen LogP contribution in [-0.2, 0) is 9.47 Å².